The molecule has 168 valence electrons. The lowest BCUT2D eigenvalue weighted by molar-refractivity contribution is 0.102. The number of nitrogens with zero attached hydrogens (tertiary/aromatic N) is 1. The Labute approximate surface area is 194 Å². The standard InChI is InChI=1S/C23H18ClN3O5S/c1-31-18-7-4-6-17(14-18)25-22(28)20-13-15-5-2-3-8-21(15)32-23(20)26-27-33(29,30)19-11-9-16(24)10-12-19/h2-14,27H,1H3,(H,25,28). The van der Waals surface area contributed by atoms with Gasteiger partial charge in [-0.25, -0.2) is 0 Å². The summed E-state index contributed by atoms with van der Waals surface area (Å²) in [4.78, 5) is 15.1. The summed E-state index contributed by atoms with van der Waals surface area (Å²) in [5.74, 6) is 0.0267. The Morgan fingerprint density at radius 2 is 1.76 bits per heavy atom. The van der Waals surface area contributed by atoms with E-state index in [1.54, 1.807) is 54.6 Å². The van der Waals surface area contributed by atoms with Crippen molar-refractivity contribution < 1.29 is 22.4 Å². The molecule has 4 rings (SSSR count). The zero-order valence-corrected chi connectivity index (χ0v) is 18.9. The van der Waals surface area contributed by atoms with Crippen LogP contribution in [0.1, 0.15) is 10.4 Å². The summed E-state index contributed by atoms with van der Waals surface area (Å²) in [5.41, 5.74) is 0.752. The van der Waals surface area contributed by atoms with E-state index in [1.807, 2.05) is 0 Å². The third-order valence-electron chi connectivity index (χ3n) is 4.62. The molecule has 0 aliphatic carbocycles. The van der Waals surface area contributed by atoms with Crippen molar-refractivity contribution in [2.75, 3.05) is 12.4 Å². The van der Waals surface area contributed by atoms with Gasteiger partial charge in [0.15, 0.2) is 0 Å². The minimum absolute atomic E-state index is 0.0373. The number of anilines is 1. The van der Waals surface area contributed by atoms with Gasteiger partial charge in [0.1, 0.15) is 16.9 Å². The Hall–Kier alpha value is -3.82. The monoisotopic (exact) mass is 483 g/mol. The maximum atomic E-state index is 13.0. The van der Waals surface area contributed by atoms with E-state index in [1.165, 1.54) is 31.4 Å². The summed E-state index contributed by atoms with van der Waals surface area (Å²) < 4.78 is 36.2. The number of methoxy groups -OCH3 is 1. The molecule has 0 bridgehead atoms. The van der Waals surface area contributed by atoms with E-state index >= 15 is 0 Å². The Balaban J connectivity index is 1.74. The molecule has 2 N–H and O–H groups in total. The van der Waals surface area contributed by atoms with Gasteiger partial charge in [0.2, 0.25) is 5.55 Å². The van der Waals surface area contributed by atoms with Crippen molar-refractivity contribution >= 4 is 44.2 Å². The molecule has 0 spiro atoms. The number of rotatable bonds is 6. The summed E-state index contributed by atoms with van der Waals surface area (Å²) in [5, 5.41) is 7.68. The van der Waals surface area contributed by atoms with Crippen LogP contribution in [0.15, 0.2) is 93.3 Å². The number of hydrogen-bond acceptors (Lipinski definition) is 6. The number of nitrogens with one attached hydrogen (secondary N) is 2. The van der Waals surface area contributed by atoms with E-state index in [4.69, 9.17) is 20.8 Å². The van der Waals surface area contributed by atoms with Crippen LogP contribution in [-0.2, 0) is 10.0 Å². The number of carbonyl (C=O) groups excluding carboxylic acids is 1. The van der Waals surface area contributed by atoms with Gasteiger partial charge < -0.3 is 14.5 Å². The smallest absolute Gasteiger partial charge is 0.276 e. The van der Waals surface area contributed by atoms with Gasteiger partial charge in [0, 0.05) is 22.2 Å². The first kappa shape index (κ1) is 22.4. The number of amides is 1. The molecule has 0 aliphatic heterocycles. The number of hydrogen-bond donors (Lipinski definition) is 2. The molecule has 0 atom stereocenters. The topological polar surface area (TPSA) is 110 Å². The van der Waals surface area contributed by atoms with Gasteiger partial charge in [-0.3, -0.25) is 4.79 Å². The first-order valence-corrected chi connectivity index (χ1v) is 11.5. The summed E-state index contributed by atoms with van der Waals surface area (Å²) >= 11 is 5.83. The molecule has 0 saturated heterocycles. The zero-order chi connectivity index (χ0) is 23.4. The average molecular weight is 484 g/mol. The third kappa shape index (κ3) is 5.16. The fraction of sp³-hybridized carbons (Fsp3) is 0.0435. The lowest BCUT2D eigenvalue weighted by Crippen LogP contribution is -2.27. The van der Waals surface area contributed by atoms with Crippen LogP contribution in [0, 0.1) is 0 Å². The molecular weight excluding hydrogens is 466 g/mol. The van der Waals surface area contributed by atoms with Crippen molar-refractivity contribution in [1.29, 1.82) is 0 Å². The quantitative estimate of drug-likeness (QED) is 0.400. The molecule has 1 heterocycles. The highest BCUT2D eigenvalue weighted by Gasteiger charge is 2.16. The van der Waals surface area contributed by atoms with Gasteiger partial charge in [-0.15, -0.1) is 5.10 Å². The van der Waals surface area contributed by atoms with Gasteiger partial charge in [-0.1, -0.05) is 35.9 Å². The Morgan fingerprint density at radius 3 is 2.52 bits per heavy atom. The molecular formula is C23H18ClN3O5S. The number of halogens is 1. The lowest BCUT2D eigenvalue weighted by Gasteiger charge is -2.08. The van der Waals surface area contributed by atoms with E-state index in [0.717, 1.165) is 0 Å². The van der Waals surface area contributed by atoms with Gasteiger partial charge in [-0.2, -0.15) is 13.2 Å². The molecule has 0 unspecified atom stereocenters. The van der Waals surface area contributed by atoms with Gasteiger partial charge in [-0.05, 0) is 48.5 Å². The molecule has 8 nitrogen and oxygen atoms in total. The van der Waals surface area contributed by atoms with Gasteiger partial charge >= 0.3 is 0 Å². The Kier molecular flexibility index (Phi) is 6.34. The van der Waals surface area contributed by atoms with Crippen LogP contribution >= 0.6 is 11.6 Å². The van der Waals surface area contributed by atoms with Crippen LogP contribution in [0.25, 0.3) is 11.0 Å². The second kappa shape index (κ2) is 9.35. The Morgan fingerprint density at radius 1 is 1.00 bits per heavy atom. The van der Waals surface area contributed by atoms with Crippen molar-refractivity contribution in [3.63, 3.8) is 0 Å². The molecule has 0 aliphatic rings. The largest absolute Gasteiger partial charge is 0.497 e. The Bertz CT molecular complexity index is 1500. The fourth-order valence-corrected chi connectivity index (χ4v) is 3.91. The number of sulfonamides is 1. The van der Waals surface area contributed by atoms with Crippen LogP contribution in [-0.4, -0.2) is 21.4 Å². The van der Waals surface area contributed by atoms with Crippen LogP contribution < -0.4 is 20.4 Å². The predicted octanol–water partition coefficient (Wildman–Crippen LogP) is 4.14. The maximum Gasteiger partial charge on any atom is 0.276 e. The van der Waals surface area contributed by atoms with Crippen molar-refractivity contribution in [2.45, 2.75) is 4.90 Å². The second-order valence-electron chi connectivity index (χ2n) is 6.85. The van der Waals surface area contributed by atoms with Crippen LogP contribution in [0.5, 0.6) is 5.75 Å². The van der Waals surface area contributed by atoms with E-state index in [0.29, 0.717) is 27.4 Å². The van der Waals surface area contributed by atoms with Crippen molar-refractivity contribution in [2.24, 2.45) is 5.10 Å². The first-order valence-electron chi connectivity index (χ1n) is 9.65. The summed E-state index contributed by atoms with van der Waals surface area (Å²) in [6.45, 7) is 0. The van der Waals surface area contributed by atoms with Crippen LogP contribution in [0.3, 0.4) is 0 Å². The normalized spacial score (nSPS) is 11.9. The molecule has 3 aromatic carbocycles. The van der Waals surface area contributed by atoms with Crippen molar-refractivity contribution in [3.05, 3.63) is 95.0 Å². The van der Waals surface area contributed by atoms with E-state index in [2.05, 4.69) is 15.2 Å². The maximum absolute atomic E-state index is 13.0. The number of benzene rings is 3. The van der Waals surface area contributed by atoms with E-state index < -0.39 is 15.9 Å². The number of fused-ring (bicyclic) bond motifs is 1. The van der Waals surface area contributed by atoms with Crippen LogP contribution in [0.2, 0.25) is 5.02 Å². The molecule has 33 heavy (non-hydrogen) atoms. The molecule has 1 aromatic heterocycles. The SMILES string of the molecule is COc1cccc(NC(=O)c2cc3ccccc3oc2=NNS(=O)(=O)c2ccc(Cl)cc2)c1. The van der Waals surface area contributed by atoms with E-state index in [9.17, 15) is 13.2 Å². The highest BCUT2D eigenvalue weighted by molar-refractivity contribution is 7.89. The highest BCUT2D eigenvalue weighted by Crippen LogP contribution is 2.19. The molecule has 4 aromatic rings. The highest BCUT2D eigenvalue weighted by atomic mass is 35.5. The molecule has 0 fully saturated rings. The summed E-state index contributed by atoms with van der Waals surface area (Å²) in [7, 11) is -2.50. The zero-order valence-electron chi connectivity index (χ0n) is 17.3. The van der Waals surface area contributed by atoms with Gasteiger partial charge in [0.05, 0.1) is 12.0 Å². The molecule has 1 amide bonds. The second-order valence-corrected chi connectivity index (χ2v) is 8.95. The van der Waals surface area contributed by atoms with Crippen molar-refractivity contribution in [1.82, 2.24) is 4.83 Å². The summed E-state index contributed by atoms with van der Waals surface area (Å²) in [6, 6.07) is 21.0. The number of carbonyl (C=O) groups is 1. The minimum Gasteiger partial charge on any atom is -0.497 e. The first-order chi connectivity index (χ1) is 15.9. The predicted molar refractivity (Wildman–Crippen MR) is 124 cm³/mol. The average Bonchev–Trinajstić information content (AvgIpc) is 2.82. The van der Waals surface area contributed by atoms with Crippen molar-refractivity contribution in [3.8, 4) is 5.75 Å². The van der Waals surface area contributed by atoms with Gasteiger partial charge in [0.25, 0.3) is 15.9 Å². The van der Waals surface area contributed by atoms with E-state index in [-0.39, 0.29) is 16.0 Å². The van der Waals surface area contributed by atoms with Crippen LogP contribution in [0.4, 0.5) is 5.69 Å². The summed E-state index contributed by atoms with van der Waals surface area (Å²) in [6.07, 6.45) is 0. The minimum atomic E-state index is -4.02. The fourth-order valence-electron chi connectivity index (χ4n) is 2.98. The third-order valence-corrected chi connectivity index (χ3v) is 6.10. The lowest BCUT2D eigenvalue weighted by atomic mass is 10.1. The molecule has 0 saturated carbocycles. The number of ether oxygens (including phenoxy) is 1. The molecule has 10 heteroatoms. The molecule has 0 radical (unpaired) electrons. The number of para-hydroxylation sites is 1.